The minimum Gasteiger partial charge on any atom is -0.463 e. The number of nitrogens with one attached hydrogen (secondary N) is 1. The fourth-order valence-corrected chi connectivity index (χ4v) is 3.28. The van der Waals surface area contributed by atoms with Crippen molar-refractivity contribution in [1.29, 1.82) is 0 Å². The molecule has 1 aliphatic heterocycles. The third-order valence-corrected chi connectivity index (χ3v) is 4.81. The number of fused-ring (bicyclic) bond motifs is 1. The Kier molecular flexibility index (Phi) is 5.30. The SMILES string of the molecule is C[C@@H]([NH2+][C@@H](c1ccccc1)c1ccco1)C(=O)NCc1ccc2c(c1)OCO2. The molecule has 1 aliphatic rings. The van der Waals surface area contributed by atoms with Crippen LogP contribution in [0.1, 0.15) is 29.9 Å². The number of nitrogens with two attached hydrogens (primary N) is 1. The molecule has 0 saturated heterocycles. The predicted octanol–water partition coefficient (Wildman–Crippen LogP) is 2.37. The summed E-state index contributed by atoms with van der Waals surface area (Å²) in [5.74, 6) is 2.24. The fraction of sp³-hybridized carbons (Fsp3) is 0.227. The Morgan fingerprint density at radius 3 is 2.68 bits per heavy atom. The van der Waals surface area contributed by atoms with E-state index >= 15 is 0 Å². The number of quaternary nitrogens is 1. The summed E-state index contributed by atoms with van der Waals surface area (Å²) in [6, 6.07) is 19.2. The first-order chi connectivity index (χ1) is 13.7. The molecule has 28 heavy (non-hydrogen) atoms. The van der Waals surface area contributed by atoms with E-state index in [9.17, 15) is 4.79 Å². The van der Waals surface area contributed by atoms with E-state index in [1.807, 2.05) is 72.9 Å². The van der Waals surface area contributed by atoms with E-state index in [1.54, 1.807) is 6.26 Å². The van der Waals surface area contributed by atoms with Gasteiger partial charge in [-0.15, -0.1) is 0 Å². The van der Waals surface area contributed by atoms with Gasteiger partial charge in [0.2, 0.25) is 6.79 Å². The molecule has 0 bridgehead atoms. The van der Waals surface area contributed by atoms with Gasteiger partial charge >= 0.3 is 0 Å². The van der Waals surface area contributed by atoms with Crippen LogP contribution in [-0.2, 0) is 11.3 Å². The van der Waals surface area contributed by atoms with Gasteiger partial charge in [0.05, 0.1) is 6.26 Å². The Bertz CT molecular complexity index is 925. The van der Waals surface area contributed by atoms with E-state index in [2.05, 4.69) is 5.32 Å². The summed E-state index contributed by atoms with van der Waals surface area (Å²) in [5.41, 5.74) is 2.06. The van der Waals surface area contributed by atoms with Crippen molar-refractivity contribution in [3.05, 3.63) is 83.8 Å². The Morgan fingerprint density at radius 1 is 1.07 bits per heavy atom. The topological polar surface area (TPSA) is 77.3 Å². The van der Waals surface area contributed by atoms with Gasteiger partial charge in [-0.05, 0) is 36.8 Å². The van der Waals surface area contributed by atoms with Crippen molar-refractivity contribution in [1.82, 2.24) is 5.32 Å². The molecule has 0 spiro atoms. The number of carbonyl (C=O) groups excluding carboxylic acids is 1. The summed E-state index contributed by atoms with van der Waals surface area (Å²) in [4.78, 5) is 12.7. The largest absolute Gasteiger partial charge is 0.463 e. The number of hydrogen-bond acceptors (Lipinski definition) is 4. The summed E-state index contributed by atoms with van der Waals surface area (Å²) in [6.07, 6.45) is 1.66. The zero-order chi connectivity index (χ0) is 19.3. The maximum Gasteiger partial charge on any atom is 0.278 e. The van der Waals surface area contributed by atoms with Crippen molar-refractivity contribution in [2.45, 2.75) is 25.6 Å². The molecule has 0 unspecified atom stereocenters. The van der Waals surface area contributed by atoms with Crippen LogP contribution in [0.25, 0.3) is 0 Å². The van der Waals surface area contributed by atoms with Gasteiger partial charge in [0, 0.05) is 12.1 Å². The Morgan fingerprint density at radius 2 is 1.89 bits per heavy atom. The number of hydrogen-bond donors (Lipinski definition) is 2. The van der Waals surface area contributed by atoms with Crippen molar-refractivity contribution in [3.63, 3.8) is 0 Å². The van der Waals surface area contributed by atoms with E-state index in [1.165, 1.54) is 0 Å². The molecule has 0 radical (unpaired) electrons. The van der Waals surface area contributed by atoms with E-state index < -0.39 is 0 Å². The highest BCUT2D eigenvalue weighted by Crippen LogP contribution is 2.32. The number of ether oxygens (including phenoxy) is 2. The quantitative estimate of drug-likeness (QED) is 0.661. The third kappa shape index (κ3) is 4.02. The zero-order valence-electron chi connectivity index (χ0n) is 15.6. The molecule has 6 nitrogen and oxygen atoms in total. The lowest BCUT2D eigenvalue weighted by atomic mass is 10.0. The van der Waals surface area contributed by atoms with Crippen LogP contribution in [-0.4, -0.2) is 18.7 Å². The van der Waals surface area contributed by atoms with E-state index in [0.29, 0.717) is 12.3 Å². The maximum atomic E-state index is 12.7. The predicted molar refractivity (Wildman–Crippen MR) is 103 cm³/mol. The lowest BCUT2D eigenvalue weighted by Crippen LogP contribution is -2.92. The van der Waals surface area contributed by atoms with Crippen LogP contribution in [0.3, 0.4) is 0 Å². The summed E-state index contributed by atoms with van der Waals surface area (Å²) < 4.78 is 16.3. The van der Waals surface area contributed by atoms with Gasteiger partial charge < -0.3 is 24.5 Å². The number of carbonyl (C=O) groups is 1. The molecule has 0 fully saturated rings. The minimum atomic E-state index is -0.288. The normalized spacial score (nSPS) is 14.5. The summed E-state index contributed by atoms with van der Waals surface area (Å²) >= 11 is 0. The highest BCUT2D eigenvalue weighted by Gasteiger charge is 2.26. The van der Waals surface area contributed by atoms with Crippen LogP contribution in [0.15, 0.2) is 71.3 Å². The maximum absolute atomic E-state index is 12.7. The van der Waals surface area contributed by atoms with Crippen LogP contribution in [0, 0.1) is 0 Å². The summed E-state index contributed by atoms with van der Waals surface area (Å²) in [7, 11) is 0. The Hall–Kier alpha value is -3.25. The van der Waals surface area contributed by atoms with E-state index in [0.717, 1.165) is 22.6 Å². The molecule has 4 rings (SSSR count). The first-order valence-corrected chi connectivity index (χ1v) is 9.30. The van der Waals surface area contributed by atoms with Gasteiger partial charge in [0.25, 0.3) is 5.91 Å². The zero-order valence-corrected chi connectivity index (χ0v) is 15.6. The summed E-state index contributed by atoms with van der Waals surface area (Å²) in [5, 5.41) is 5.01. The fourth-order valence-electron chi connectivity index (χ4n) is 3.28. The van der Waals surface area contributed by atoms with Gasteiger partial charge in [-0.25, -0.2) is 0 Å². The highest BCUT2D eigenvalue weighted by atomic mass is 16.7. The number of benzene rings is 2. The van der Waals surface area contributed by atoms with E-state index in [4.69, 9.17) is 13.9 Å². The van der Waals surface area contributed by atoms with Crippen molar-refractivity contribution < 1.29 is 24.0 Å². The molecule has 2 aromatic carbocycles. The molecular weight excluding hydrogens is 356 g/mol. The molecule has 1 aromatic heterocycles. The Labute approximate surface area is 163 Å². The second kappa shape index (κ2) is 8.19. The van der Waals surface area contributed by atoms with Crippen LogP contribution < -0.4 is 20.1 Å². The van der Waals surface area contributed by atoms with Crippen molar-refractivity contribution in [2.24, 2.45) is 0 Å². The van der Waals surface area contributed by atoms with Gasteiger partial charge in [-0.3, -0.25) is 4.79 Å². The molecule has 2 atom stereocenters. The monoisotopic (exact) mass is 379 g/mol. The average molecular weight is 379 g/mol. The second-order valence-electron chi connectivity index (χ2n) is 6.79. The molecule has 1 amide bonds. The van der Waals surface area contributed by atoms with Crippen LogP contribution in [0.2, 0.25) is 0 Å². The molecule has 0 aliphatic carbocycles. The molecule has 3 aromatic rings. The lowest BCUT2D eigenvalue weighted by molar-refractivity contribution is -0.706. The van der Waals surface area contributed by atoms with E-state index in [-0.39, 0.29) is 24.8 Å². The molecule has 0 saturated carbocycles. The Balaban J connectivity index is 1.40. The summed E-state index contributed by atoms with van der Waals surface area (Å²) in [6.45, 7) is 2.57. The minimum absolute atomic E-state index is 0.0369. The molecular formula is C22H23N2O4+. The van der Waals surface area contributed by atoms with Gasteiger partial charge in [-0.1, -0.05) is 36.4 Å². The van der Waals surface area contributed by atoms with Crippen LogP contribution in [0.4, 0.5) is 0 Å². The smallest absolute Gasteiger partial charge is 0.278 e. The second-order valence-corrected chi connectivity index (χ2v) is 6.79. The van der Waals surface area contributed by atoms with Crippen molar-refractivity contribution in [2.75, 3.05) is 6.79 Å². The first-order valence-electron chi connectivity index (χ1n) is 9.30. The van der Waals surface area contributed by atoms with Crippen molar-refractivity contribution >= 4 is 5.91 Å². The number of furan rings is 1. The highest BCUT2D eigenvalue weighted by molar-refractivity contribution is 5.79. The van der Waals surface area contributed by atoms with Crippen LogP contribution >= 0.6 is 0 Å². The van der Waals surface area contributed by atoms with Gasteiger partial charge in [0.1, 0.15) is 0 Å². The molecule has 2 heterocycles. The first kappa shape index (κ1) is 18.1. The van der Waals surface area contributed by atoms with Gasteiger partial charge in [0.15, 0.2) is 29.3 Å². The lowest BCUT2D eigenvalue weighted by Gasteiger charge is -2.18. The average Bonchev–Trinajstić information content (AvgIpc) is 3.42. The van der Waals surface area contributed by atoms with Crippen LogP contribution in [0.5, 0.6) is 11.5 Å². The third-order valence-electron chi connectivity index (χ3n) is 4.81. The standard InChI is InChI=1S/C22H22N2O4/c1-15(22(25)23-13-16-9-10-18-20(12-16)28-14-27-18)24-21(19-8-5-11-26-19)17-6-3-2-4-7-17/h2-12,15,21,24H,13-14H2,1H3,(H,23,25)/p+1/t15-,21+/m1/s1. The van der Waals surface area contributed by atoms with Crippen molar-refractivity contribution in [3.8, 4) is 11.5 Å². The molecule has 3 N–H and O–H groups in total. The number of rotatable bonds is 7. The molecule has 6 heteroatoms. The van der Waals surface area contributed by atoms with Gasteiger partial charge in [-0.2, -0.15) is 0 Å². The molecule has 144 valence electrons. The number of amides is 1.